The van der Waals surface area contributed by atoms with Gasteiger partial charge in [0.15, 0.2) is 0 Å². The van der Waals surface area contributed by atoms with Gasteiger partial charge in [0.25, 0.3) is 0 Å². The molecule has 15 heavy (non-hydrogen) atoms. The molecule has 0 aliphatic heterocycles. The lowest BCUT2D eigenvalue weighted by Gasteiger charge is -2.27. The summed E-state index contributed by atoms with van der Waals surface area (Å²) in [6.45, 7) is 3.17. The van der Waals surface area contributed by atoms with Crippen LogP contribution in [0.1, 0.15) is 35.4 Å². The molecule has 0 aromatic carbocycles. The Balaban J connectivity index is 1.77. The Morgan fingerprint density at radius 2 is 2.33 bits per heavy atom. The Bertz CT molecular complexity index is 308. The molecule has 2 rings (SSSR count). The molecule has 84 valence electrons. The number of hydrogen-bond acceptors (Lipinski definition) is 3. The molecule has 2 nitrogen and oxygen atoms in total. The molecular weight excluding hydrogens is 204 g/mol. The Labute approximate surface area is 95.9 Å². The van der Waals surface area contributed by atoms with E-state index in [4.69, 9.17) is 5.73 Å². The molecule has 0 bridgehead atoms. The molecule has 1 saturated carbocycles. The van der Waals surface area contributed by atoms with Gasteiger partial charge >= 0.3 is 0 Å². The van der Waals surface area contributed by atoms with Crippen LogP contribution in [0.15, 0.2) is 12.1 Å². The Kier molecular flexibility index (Phi) is 3.78. The maximum atomic E-state index is 5.96. The van der Waals surface area contributed by atoms with Crippen molar-refractivity contribution in [3.05, 3.63) is 21.9 Å². The van der Waals surface area contributed by atoms with E-state index in [1.165, 1.54) is 29.0 Å². The molecule has 2 unspecified atom stereocenters. The molecule has 3 N–H and O–H groups in total. The Morgan fingerprint density at radius 3 is 3.00 bits per heavy atom. The fourth-order valence-electron chi connectivity index (χ4n) is 2.24. The third-order valence-corrected chi connectivity index (χ3v) is 4.08. The van der Waals surface area contributed by atoms with Gasteiger partial charge in [0.05, 0.1) is 0 Å². The minimum absolute atomic E-state index is 0.418. The first-order valence-corrected chi connectivity index (χ1v) is 6.60. The third-order valence-electron chi connectivity index (χ3n) is 3.08. The van der Waals surface area contributed by atoms with Crippen LogP contribution in [0, 0.1) is 6.92 Å². The van der Waals surface area contributed by atoms with Crippen LogP contribution in [0.2, 0.25) is 0 Å². The minimum atomic E-state index is 0.418. The van der Waals surface area contributed by atoms with E-state index >= 15 is 0 Å². The molecule has 0 amide bonds. The molecule has 1 aromatic heterocycles. The van der Waals surface area contributed by atoms with E-state index < -0.39 is 0 Å². The molecule has 1 aliphatic rings. The van der Waals surface area contributed by atoms with Gasteiger partial charge in [-0.2, -0.15) is 0 Å². The maximum absolute atomic E-state index is 5.96. The van der Waals surface area contributed by atoms with Gasteiger partial charge in [0.1, 0.15) is 0 Å². The molecule has 1 aliphatic carbocycles. The first-order valence-electron chi connectivity index (χ1n) is 5.78. The van der Waals surface area contributed by atoms with Crippen LogP contribution in [0.4, 0.5) is 0 Å². The second-order valence-corrected chi connectivity index (χ2v) is 5.89. The maximum Gasteiger partial charge on any atom is 0.0302 e. The summed E-state index contributed by atoms with van der Waals surface area (Å²) in [5.74, 6) is 0. The average molecular weight is 224 g/mol. The van der Waals surface area contributed by atoms with E-state index in [1.54, 1.807) is 0 Å². The van der Waals surface area contributed by atoms with Crippen LogP contribution in [0.5, 0.6) is 0 Å². The SMILES string of the molecule is Cc1ccc(CNC2CCCC(N)C2)s1. The Morgan fingerprint density at radius 1 is 1.47 bits per heavy atom. The van der Waals surface area contributed by atoms with Gasteiger partial charge in [-0.15, -0.1) is 11.3 Å². The standard InChI is InChI=1S/C12H20N2S/c1-9-5-6-12(15-9)8-14-11-4-2-3-10(13)7-11/h5-6,10-11,14H,2-4,7-8,13H2,1H3. The van der Waals surface area contributed by atoms with E-state index in [0.29, 0.717) is 12.1 Å². The highest BCUT2D eigenvalue weighted by atomic mass is 32.1. The van der Waals surface area contributed by atoms with Crippen molar-refractivity contribution in [3.63, 3.8) is 0 Å². The summed E-state index contributed by atoms with van der Waals surface area (Å²) in [5, 5.41) is 3.61. The number of nitrogens with one attached hydrogen (secondary N) is 1. The zero-order chi connectivity index (χ0) is 10.7. The van der Waals surface area contributed by atoms with Crippen molar-refractivity contribution in [1.29, 1.82) is 0 Å². The normalized spacial score (nSPS) is 26.8. The molecule has 0 radical (unpaired) electrons. The molecule has 2 atom stereocenters. The molecule has 0 spiro atoms. The van der Waals surface area contributed by atoms with Crippen molar-refractivity contribution in [2.24, 2.45) is 5.73 Å². The Hall–Kier alpha value is -0.380. The smallest absolute Gasteiger partial charge is 0.0302 e. The molecule has 1 heterocycles. The van der Waals surface area contributed by atoms with E-state index in [1.807, 2.05) is 11.3 Å². The van der Waals surface area contributed by atoms with Crippen molar-refractivity contribution in [1.82, 2.24) is 5.32 Å². The molecule has 1 fully saturated rings. The van der Waals surface area contributed by atoms with Crippen molar-refractivity contribution in [2.45, 2.75) is 51.2 Å². The second-order valence-electron chi connectivity index (χ2n) is 4.52. The van der Waals surface area contributed by atoms with Gasteiger partial charge in [0, 0.05) is 28.4 Å². The predicted molar refractivity (Wildman–Crippen MR) is 66.1 cm³/mol. The minimum Gasteiger partial charge on any atom is -0.328 e. The highest BCUT2D eigenvalue weighted by Gasteiger charge is 2.18. The van der Waals surface area contributed by atoms with Gasteiger partial charge in [-0.05, 0) is 38.3 Å². The van der Waals surface area contributed by atoms with Gasteiger partial charge in [-0.25, -0.2) is 0 Å². The second kappa shape index (κ2) is 5.10. The number of rotatable bonds is 3. The molecular formula is C12H20N2S. The van der Waals surface area contributed by atoms with Crippen LogP contribution in [0.3, 0.4) is 0 Å². The van der Waals surface area contributed by atoms with Crippen LogP contribution >= 0.6 is 11.3 Å². The fourth-order valence-corrected chi connectivity index (χ4v) is 3.08. The summed E-state index contributed by atoms with van der Waals surface area (Å²) in [6, 6.07) is 5.46. The monoisotopic (exact) mass is 224 g/mol. The van der Waals surface area contributed by atoms with E-state index in [-0.39, 0.29) is 0 Å². The van der Waals surface area contributed by atoms with Gasteiger partial charge in [0.2, 0.25) is 0 Å². The fraction of sp³-hybridized carbons (Fsp3) is 0.667. The van der Waals surface area contributed by atoms with Crippen molar-refractivity contribution >= 4 is 11.3 Å². The third kappa shape index (κ3) is 3.30. The quantitative estimate of drug-likeness (QED) is 0.827. The van der Waals surface area contributed by atoms with Crippen LogP contribution in [-0.4, -0.2) is 12.1 Å². The van der Waals surface area contributed by atoms with Crippen LogP contribution < -0.4 is 11.1 Å². The summed E-state index contributed by atoms with van der Waals surface area (Å²) >= 11 is 1.88. The predicted octanol–water partition coefficient (Wildman–Crippen LogP) is 2.42. The lowest BCUT2D eigenvalue weighted by Crippen LogP contribution is -2.38. The van der Waals surface area contributed by atoms with Gasteiger partial charge in [-0.3, -0.25) is 0 Å². The highest BCUT2D eigenvalue weighted by Crippen LogP contribution is 2.19. The van der Waals surface area contributed by atoms with Gasteiger partial charge in [-0.1, -0.05) is 6.42 Å². The molecule has 3 heteroatoms. The average Bonchev–Trinajstić information content (AvgIpc) is 2.62. The molecule has 0 saturated heterocycles. The molecule has 1 aromatic rings. The topological polar surface area (TPSA) is 38.0 Å². The zero-order valence-corrected chi connectivity index (χ0v) is 10.1. The number of hydrogen-bond donors (Lipinski definition) is 2. The summed E-state index contributed by atoms with van der Waals surface area (Å²) in [4.78, 5) is 2.83. The number of nitrogens with two attached hydrogens (primary N) is 1. The highest BCUT2D eigenvalue weighted by molar-refractivity contribution is 7.11. The number of aryl methyl sites for hydroxylation is 1. The zero-order valence-electron chi connectivity index (χ0n) is 9.33. The summed E-state index contributed by atoms with van der Waals surface area (Å²) in [6.07, 6.45) is 4.92. The number of thiophene rings is 1. The van der Waals surface area contributed by atoms with Gasteiger partial charge < -0.3 is 11.1 Å². The van der Waals surface area contributed by atoms with Crippen molar-refractivity contribution < 1.29 is 0 Å². The van der Waals surface area contributed by atoms with Crippen molar-refractivity contribution in [3.8, 4) is 0 Å². The van der Waals surface area contributed by atoms with E-state index in [0.717, 1.165) is 13.0 Å². The lowest BCUT2D eigenvalue weighted by atomic mass is 9.92. The van der Waals surface area contributed by atoms with Crippen LogP contribution in [-0.2, 0) is 6.54 Å². The van der Waals surface area contributed by atoms with Crippen LogP contribution in [0.25, 0.3) is 0 Å². The van der Waals surface area contributed by atoms with Crippen molar-refractivity contribution in [2.75, 3.05) is 0 Å². The first kappa shape index (κ1) is 11.1. The first-order chi connectivity index (χ1) is 7.24. The van der Waals surface area contributed by atoms with E-state index in [9.17, 15) is 0 Å². The summed E-state index contributed by atoms with van der Waals surface area (Å²) in [5.41, 5.74) is 5.96. The van der Waals surface area contributed by atoms with E-state index in [2.05, 4.69) is 24.4 Å². The summed E-state index contributed by atoms with van der Waals surface area (Å²) < 4.78 is 0. The summed E-state index contributed by atoms with van der Waals surface area (Å²) in [7, 11) is 0. The largest absolute Gasteiger partial charge is 0.328 e. The lowest BCUT2D eigenvalue weighted by molar-refractivity contribution is 0.339.